The number of nitrogens with one attached hydrogen (secondary N) is 1. The van der Waals surface area contributed by atoms with Gasteiger partial charge in [-0.2, -0.15) is 16.9 Å². The minimum Gasteiger partial charge on any atom is -0.342 e. The third kappa shape index (κ3) is 3.80. The summed E-state index contributed by atoms with van der Waals surface area (Å²) >= 11 is 1.69. The van der Waals surface area contributed by atoms with Gasteiger partial charge in [-0.1, -0.05) is 18.2 Å². The van der Waals surface area contributed by atoms with E-state index in [1.54, 1.807) is 36.9 Å². The molecule has 0 aliphatic heterocycles. The van der Waals surface area contributed by atoms with E-state index in [4.69, 9.17) is 0 Å². The first-order valence-electron chi connectivity index (χ1n) is 9.49. The number of halogens is 1. The number of hydrogen-bond acceptors (Lipinski definition) is 5. The number of fused-ring (bicyclic) bond motifs is 1. The number of hydrogen-bond donors (Lipinski definition) is 1. The molecule has 0 bridgehead atoms. The van der Waals surface area contributed by atoms with Crippen molar-refractivity contribution in [2.24, 2.45) is 0 Å². The fourth-order valence-electron chi connectivity index (χ4n) is 3.33. The first-order chi connectivity index (χ1) is 14.6. The van der Waals surface area contributed by atoms with E-state index in [1.807, 2.05) is 35.1 Å². The molecule has 3 aromatic heterocycles. The molecule has 0 spiro atoms. The summed E-state index contributed by atoms with van der Waals surface area (Å²) < 4.78 is 17.5. The Labute approximate surface area is 177 Å². The van der Waals surface area contributed by atoms with E-state index in [9.17, 15) is 9.18 Å². The van der Waals surface area contributed by atoms with E-state index < -0.39 is 5.82 Å². The van der Waals surface area contributed by atoms with Gasteiger partial charge in [-0.3, -0.25) is 9.20 Å². The maximum Gasteiger partial charge on any atom is 0.255 e. The van der Waals surface area contributed by atoms with Crippen LogP contribution in [0.2, 0.25) is 0 Å². The molecular formula is C21H21FN6OS. The maximum absolute atomic E-state index is 14.2. The smallest absolute Gasteiger partial charge is 0.255 e. The predicted octanol–water partition coefficient (Wildman–Crippen LogP) is 3.59. The van der Waals surface area contributed by atoms with E-state index >= 15 is 0 Å². The van der Waals surface area contributed by atoms with Gasteiger partial charge in [-0.15, -0.1) is 10.2 Å². The van der Waals surface area contributed by atoms with Crippen LogP contribution in [0, 0.1) is 12.7 Å². The summed E-state index contributed by atoms with van der Waals surface area (Å²) in [6.07, 6.45) is 6.06. The molecule has 0 fully saturated rings. The fraction of sp³-hybridized carbons (Fsp3) is 0.238. The normalized spacial score (nSPS) is 12.2. The fourth-order valence-corrected chi connectivity index (χ4v) is 3.81. The lowest BCUT2D eigenvalue weighted by molar-refractivity contribution is 0.0933. The second-order valence-electron chi connectivity index (χ2n) is 6.80. The molecule has 4 aromatic rings. The lowest BCUT2D eigenvalue weighted by Gasteiger charge is -2.17. The zero-order valence-electron chi connectivity index (χ0n) is 16.6. The highest BCUT2D eigenvalue weighted by molar-refractivity contribution is 7.98. The van der Waals surface area contributed by atoms with Gasteiger partial charge in [-0.05, 0) is 49.6 Å². The summed E-state index contributed by atoms with van der Waals surface area (Å²) in [5.74, 6) is 0.838. The Hall–Kier alpha value is -3.20. The number of thioether (sulfide) groups is 1. The van der Waals surface area contributed by atoms with Crippen LogP contribution < -0.4 is 5.32 Å². The van der Waals surface area contributed by atoms with E-state index in [-0.39, 0.29) is 11.9 Å². The molecule has 0 aliphatic rings. The molecular weight excluding hydrogens is 403 g/mol. The quantitative estimate of drug-likeness (QED) is 0.491. The number of para-hydroxylation sites is 1. The summed E-state index contributed by atoms with van der Waals surface area (Å²) in [7, 11) is 0. The van der Waals surface area contributed by atoms with Gasteiger partial charge in [0.05, 0.1) is 23.5 Å². The highest BCUT2D eigenvalue weighted by atomic mass is 32.2. The Bertz CT molecular complexity index is 1190. The molecule has 1 atom stereocenters. The number of amides is 1. The van der Waals surface area contributed by atoms with Gasteiger partial charge in [0.15, 0.2) is 11.5 Å². The molecule has 0 saturated heterocycles. The molecule has 9 heteroatoms. The van der Waals surface area contributed by atoms with Gasteiger partial charge in [0.2, 0.25) is 0 Å². The molecule has 1 N–H and O–H groups in total. The van der Waals surface area contributed by atoms with E-state index in [1.165, 1.54) is 16.9 Å². The van der Waals surface area contributed by atoms with Crippen molar-refractivity contribution in [3.8, 4) is 5.69 Å². The van der Waals surface area contributed by atoms with E-state index in [2.05, 4.69) is 20.6 Å². The van der Waals surface area contributed by atoms with Crippen molar-refractivity contribution in [1.29, 1.82) is 0 Å². The number of rotatable bonds is 7. The van der Waals surface area contributed by atoms with Crippen LogP contribution in [-0.4, -0.2) is 42.3 Å². The number of benzene rings is 1. The second kappa shape index (κ2) is 8.66. The number of nitrogens with zero attached hydrogens (tertiary/aromatic N) is 5. The van der Waals surface area contributed by atoms with Crippen LogP contribution in [0.1, 0.15) is 34.3 Å². The Morgan fingerprint density at radius 2 is 2.00 bits per heavy atom. The summed E-state index contributed by atoms with van der Waals surface area (Å²) in [5, 5.41) is 15.8. The summed E-state index contributed by atoms with van der Waals surface area (Å²) in [4.78, 5) is 13.1. The van der Waals surface area contributed by atoms with Crippen molar-refractivity contribution >= 4 is 23.3 Å². The zero-order valence-corrected chi connectivity index (χ0v) is 17.4. The van der Waals surface area contributed by atoms with Gasteiger partial charge in [0.25, 0.3) is 5.91 Å². The summed E-state index contributed by atoms with van der Waals surface area (Å²) in [5.41, 5.74) is 1.98. The topological polar surface area (TPSA) is 77.1 Å². The van der Waals surface area contributed by atoms with E-state index in [0.717, 1.165) is 11.4 Å². The van der Waals surface area contributed by atoms with Gasteiger partial charge >= 0.3 is 0 Å². The monoisotopic (exact) mass is 424 g/mol. The van der Waals surface area contributed by atoms with Gasteiger partial charge in [-0.25, -0.2) is 9.07 Å². The van der Waals surface area contributed by atoms with Crippen molar-refractivity contribution in [3.05, 3.63) is 77.8 Å². The molecule has 0 saturated carbocycles. The van der Waals surface area contributed by atoms with Crippen LogP contribution in [0.4, 0.5) is 4.39 Å². The second-order valence-corrected chi connectivity index (χ2v) is 7.79. The van der Waals surface area contributed by atoms with Crippen LogP contribution in [0.25, 0.3) is 11.3 Å². The van der Waals surface area contributed by atoms with Crippen LogP contribution in [0.3, 0.4) is 0 Å². The molecule has 1 amide bonds. The Morgan fingerprint density at radius 1 is 1.20 bits per heavy atom. The highest BCUT2D eigenvalue weighted by Gasteiger charge is 2.23. The van der Waals surface area contributed by atoms with Gasteiger partial charge < -0.3 is 5.32 Å². The summed E-state index contributed by atoms with van der Waals surface area (Å²) in [6.45, 7) is 1.75. The SMILES string of the molecule is CSCCC(NC(=O)c1cnn(-c2ccccc2F)c1C)c1nnc2ccccn12. The molecule has 1 unspecified atom stereocenters. The van der Waals surface area contributed by atoms with Gasteiger partial charge in [0, 0.05) is 6.20 Å². The Kier molecular flexibility index (Phi) is 5.80. The molecule has 7 nitrogen and oxygen atoms in total. The van der Waals surface area contributed by atoms with Gasteiger partial charge in [0.1, 0.15) is 11.5 Å². The maximum atomic E-state index is 14.2. The third-order valence-corrected chi connectivity index (χ3v) is 5.55. The molecule has 3 heterocycles. The average molecular weight is 425 g/mol. The number of carbonyl (C=O) groups is 1. The van der Waals surface area contributed by atoms with Crippen molar-refractivity contribution in [2.45, 2.75) is 19.4 Å². The summed E-state index contributed by atoms with van der Waals surface area (Å²) in [6, 6.07) is 11.7. The van der Waals surface area contributed by atoms with Crippen LogP contribution >= 0.6 is 11.8 Å². The molecule has 4 rings (SSSR count). The standard InChI is InChI=1S/C21H21FN6OS/c1-14-15(13-23-28(14)18-8-4-3-7-16(18)22)21(29)24-17(10-12-30-2)20-26-25-19-9-5-6-11-27(19)20/h3-9,11,13,17H,10,12H2,1-2H3,(H,24,29). The van der Waals surface area contributed by atoms with Crippen LogP contribution in [0.5, 0.6) is 0 Å². The largest absolute Gasteiger partial charge is 0.342 e. The van der Waals surface area contributed by atoms with E-state index in [0.29, 0.717) is 29.2 Å². The first-order valence-corrected chi connectivity index (χ1v) is 10.9. The lowest BCUT2D eigenvalue weighted by Crippen LogP contribution is -2.30. The first kappa shape index (κ1) is 20.1. The van der Waals surface area contributed by atoms with Crippen LogP contribution in [-0.2, 0) is 0 Å². The molecule has 154 valence electrons. The van der Waals surface area contributed by atoms with Crippen LogP contribution in [0.15, 0.2) is 54.9 Å². The molecule has 0 radical (unpaired) electrons. The number of carbonyl (C=O) groups excluding carboxylic acids is 1. The minimum atomic E-state index is -0.400. The molecule has 30 heavy (non-hydrogen) atoms. The third-order valence-electron chi connectivity index (χ3n) is 4.90. The Balaban J connectivity index is 1.63. The number of pyridine rings is 1. The molecule has 1 aromatic carbocycles. The van der Waals surface area contributed by atoms with Crippen molar-refractivity contribution in [3.63, 3.8) is 0 Å². The van der Waals surface area contributed by atoms with Crippen molar-refractivity contribution < 1.29 is 9.18 Å². The zero-order chi connectivity index (χ0) is 21.1. The van der Waals surface area contributed by atoms with Crippen molar-refractivity contribution in [2.75, 3.05) is 12.0 Å². The Morgan fingerprint density at radius 3 is 2.80 bits per heavy atom. The lowest BCUT2D eigenvalue weighted by atomic mass is 10.1. The molecule has 0 aliphatic carbocycles. The van der Waals surface area contributed by atoms with Crippen molar-refractivity contribution in [1.82, 2.24) is 29.7 Å². The average Bonchev–Trinajstić information content (AvgIpc) is 3.35. The highest BCUT2D eigenvalue weighted by Crippen LogP contribution is 2.21. The minimum absolute atomic E-state index is 0.283. The number of aromatic nitrogens is 5. The predicted molar refractivity (Wildman–Crippen MR) is 114 cm³/mol.